The molecule has 0 bridgehead atoms. The fourth-order valence-electron chi connectivity index (χ4n) is 2.92. The zero-order chi connectivity index (χ0) is 22.3. The van der Waals surface area contributed by atoms with E-state index in [0.29, 0.717) is 24.5 Å². The monoisotopic (exact) mass is 429 g/mol. The number of benzene rings is 3. The molecule has 0 fully saturated rings. The molecule has 0 aromatic heterocycles. The Morgan fingerprint density at radius 3 is 2.03 bits per heavy atom. The van der Waals surface area contributed by atoms with Gasteiger partial charge in [0.15, 0.2) is 0 Å². The number of rotatable bonds is 7. The zero-order valence-corrected chi connectivity index (χ0v) is 16.9. The van der Waals surface area contributed by atoms with E-state index in [2.05, 4.69) is 0 Å². The SMILES string of the molecule is CN(CCC(Oc1ccc(C(F)(F)F)cc1)c1ccccc1)C(=O)Oc1ccccc1. The van der Waals surface area contributed by atoms with Gasteiger partial charge in [-0.2, -0.15) is 13.2 Å². The van der Waals surface area contributed by atoms with Crippen molar-refractivity contribution in [3.63, 3.8) is 0 Å². The third-order valence-corrected chi connectivity index (χ3v) is 4.62. The van der Waals surface area contributed by atoms with Gasteiger partial charge in [0.25, 0.3) is 0 Å². The van der Waals surface area contributed by atoms with E-state index in [-0.39, 0.29) is 0 Å². The highest BCUT2D eigenvalue weighted by atomic mass is 19.4. The number of carbonyl (C=O) groups is 1. The van der Waals surface area contributed by atoms with Crippen LogP contribution in [0, 0.1) is 0 Å². The van der Waals surface area contributed by atoms with Gasteiger partial charge in [-0.3, -0.25) is 0 Å². The lowest BCUT2D eigenvalue weighted by atomic mass is 10.1. The first-order chi connectivity index (χ1) is 14.8. The van der Waals surface area contributed by atoms with E-state index in [1.807, 2.05) is 36.4 Å². The Kier molecular flexibility index (Phi) is 7.18. The molecule has 3 aromatic carbocycles. The largest absolute Gasteiger partial charge is 0.486 e. The fourth-order valence-corrected chi connectivity index (χ4v) is 2.92. The van der Waals surface area contributed by atoms with E-state index in [9.17, 15) is 18.0 Å². The van der Waals surface area contributed by atoms with Crippen molar-refractivity contribution in [1.82, 2.24) is 4.90 Å². The molecule has 0 heterocycles. The van der Waals surface area contributed by atoms with Gasteiger partial charge in [-0.25, -0.2) is 4.79 Å². The van der Waals surface area contributed by atoms with Crippen LogP contribution in [0.4, 0.5) is 18.0 Å². The summed E-state index contributed by atoms with van der Waals surface area (Å²) < 4.78 is 49.7. The number of carbonyl (C=O) groups excluding carboxylic acids is 1. The Labute approximate surface area is 178 Å². The summed E-state index contributed by atoms with van der Waals surface area (Å²) in [7, 11) is 1.62. The summed E-state index contributed by atoms with van der Waals surface area (Å²) in [4.78, 5) is 13.7. The lowest BCUT2D eigenvalue weighted by Gasteiger charge is -2.23. The second-order valence-corrected chi connectivity index (χ2v) is 6.93. The lowest BCUT2D eigenvalue weighted by molar-refractivity contribution is -0.137. The maximum absolute atomic E-state index is 12.8. The molecule has 1 atom stereocenters. The van der Waals surface area contributed by atoms with Gasteiger partial charge >= 0.3 is 12.3 Å². The first-order valence-corrected chi connectivity index (χ1v) is 9.70. The quantitative estimate of drug-likeness (QED) is 0.440. The second kappa shape index (κ2) is 10.0. The number of ether oxygens (including phenoxy) is 2. The van der Waals surface area contributed by atoms with Gasteiger partial charge in [0.2, 0.25) is 0 Å². The molecule has 0 radical (unpaired) electrons. The van der Waals surface area contributed by atoms with Crippen molar-refractivity contribution in [3.05, 3.63) is 96.1 Å². The van der Waals surface area contributed by atoms with Crippen molar-refractivity contribution in [3.8, 4) is 11.5 Å². The number of para-hydroxylation sites is 1. The summed E-state index contributed by atoms with van der Waals surface area (Å²) in [6.07, 6.45) is -4.94. The van der Waals surface area contributed by atoms with Crippen LogP contribution in [0.5, 0.6) is 11.5 Å². The van der Waals surface area contributed by atoms with Gasteiger partial charge in [-0.05, 0) is 42.0 Å². The van der Waals surface area contributed by atoms with E-state index in [0.717, 1.165) is 17.7 Å². The predicted octanol–water partition coefficient (Wildman–Crippen LogP) is 6.35. The van der Waals surface area contributed by atoms with Crippen LogP contribution in [0.2, 0.25) is 0 Å². The summed E-state index contributed by atoms with van der Waals surface area (Å²) in [6.45, 7) is 0.325. The molecule has 0 spiro atoms. The molecule has 0 N–H and O–H groups in total. The summed E-state index contributed by atoms with van der Waals surface area (Å²) in [5.74, 6) is 0.760. The van der Waals surface area contributed by atoms with E-state index in [4.69, 9.17) is 9.47 Å². The molecular formula is C24H22F3NO3. The van der Waals surface area contributed by atoms with E-state index < -0.39 is 23.9 Å². The van der Waals surface area contributed by atoms with E-state index in [1.54, 1.807) is 31.3 Å². The molecule has 3 aromatic rings. The van der Waals surface area contributed by atoms with Crippen LogP contribution < -0.4 is 9.47 Å². The van der Waals surface area contributed by atoms with Crippen LogP contribution in [0.3, 0.4) is 0 Å². The number of amides is 1. The highest BCUT2D eigenvalue weighted by molar-refractivity contribution is 5.70. The lowest BCUT2D eigenvalue weighted by Crippen LogP contribution is -2.31. The molecule has 7 heteroatoms. The summed E-state index contributed by atoms with van der Waals surface area (Å²) in [6, 6.07) is 22.6. The molecule has 0 aliphatic carbocycles. The van der Waals surface area contributed by atoms with Gasteiger partial charge in [0.1, 0.15) is 17.6 Å². The summed E-state index contributed by atoms with van der Waals surface area (Å²) in [5, 5.41) is 0. The van der Waals surface area contributed by atoms with Gasteiger partial charge in [-0.15, -0.1) is 0 Å². The molecule has 162 valence electrons. The van der Waals surface area contributed by atoms with E-state index in [1.165, 1.54) is 17.0 Å². The van der Waals surface area contributed by atoms with Gasteiger partial charge < -0.3 is 14.4 Å². The summed E-state index contributed by atoms with van der Waals surface area (Å²) in [5.41, 5.74) is 0.117. The van der Waals surface area contributed by atoms with Crippen molar-refractivity contribution in [2.75, 3.05) is 13.6 Å². The van der Waals surface area contributed by atoms with Crippen LogP contribution >= 0.6 is 0 Å². The van der Waals surface area contributed by atoms with Crippen molar-refractivity contribution in [1.29, 1.82) is 0 Å². The Balaban J connectivity index is 1.66. The Morgan fingerprint density at radius 1 is 0.871 bits per heavy atom. The number of halogens is 3. The minimum atomic E-state index is -4.40. The smallest absolute Gasteiger partial charge is 0.416 e. The molecule has 3 rings (SSSR count). The minimum absolute atomic E-state index is 0.316. The Hall–Kier alpha value is -3.48. The normalized spacial score (nSPS) is 12.1. The van der Waals surface area contributed by atoms with Crippen LogP contribution in [-0.2, 0) is 6.18 Å². The van der Waals surface area contributed by atoms with Crippen molar-refractivity contribution >= 4 is 6.09 Å². The van der Waals surface area contributed by atoms with Crippen LogP contribution in [0.25, 0.3) is 0 Å². The third-order valence-electron chi connectivity index (χ3n) is 4.62. The second-order valence-electron chi connectivity index (χ2n) is 6.93. The fraction of sp³-hybridized carbons (Fsp3) is 0.208. The average molecular weight is 429 g/mol. The zero-order valence-electron chi connectivity index (χ0n) is 16.9. The third kappa shape index (κ3) is 6.50. The van der Waals surface area contributed by atoms with Crippen LogP contribution in [0.1, 0.15) is 23.7 Å². The van der Waals surface area contributed by atoms with Crippen molar-refractivity contribution in [2.24, 2.45) is 0 Å². The molecule has 1 unspecified atom stereocenters. The maximum Gasteiger partial charge on any atom is 0.416 e. The van der Waals surface area contributed by atoms with Crippen molar-refractivity contribution in [2.45, 2.75) is 18.7 Å². The number of nitrogens with zero attached hydrogens (tertiary/aromatic N) is 1. The van der Waals surface area contributed by atoms with E-state index >= 15 is 0 Å². The van der Waals surface area contributed by atoms with Crippen LogP contribution in [0.15, 0.2) is 84.9 Å². The highest BCUT2D eigenvalue weighted by Crippen LogP contribution is 2.32. The molecule has 0 saturated carbocycles. The topological polar surface area (TPSA) is 38.8 Å². The molecule has 0 aliphatic heterocycles. The number of hydrogen-bond acceptors (Lipinski definition) is 3. The first-order valence-electron chi connectivity index (χ1n) is 9.70. The van der Waals surface area contributed by atoms with Crippen molar-refractivity contribution < 1.29 is 27.4 Å². The van der Waals surface area contributed by atoms with Gasteiger partial charge in [0.05, 0.1) is 5.56 Å². The number of alkyl halides is 3. The standard InChI is InChI=1S/C24H22F3NO3/c1-28(23(29)31-20-10-6-3-7-11-20)17-16-22(18-8-4-2-5-9-18)30-21-14-12-19(13-15-21)24(25,26)27/h2-15,22H,16-17H2,1H3. The molecule has 0 saturated heterocycles. The Morgan fingerprint density at radius 2 is 1.45 bits per heavy atom. The number of hydrogen-bond donors (Lipinski definition) is 0. The van der Waals surface area contributed by atoms with Gasteiger partial charge in [0, 0.05) is 20.0 Å². The highest BCUT2D eigenvalue weighted by Gasteiger charge is 2.30. The summed E-state index contributed by atoms with van der Waals surface area (Å²) >= 11 is 0. The maximum atomic E-state index is 12.8. The van der Waals surface area contributed by atoms with Gasteiger partial charge in [-0.1, -0.05) is 48.5 Å². The molecule has 4 nitrogen and oxygen atoms in total. The first kappa shape index (κ1) is 22.2. The molecule has 31 heavy (non-hydrogen) atoms. The Bertz CT molecular complexity index is 961. The molecule has 0 aliphatic rings. The minimum Gasteiger partial charge on any atom is -0.486 e. The average Bonchev–Trinajstić information content (AvgIpc) is 2.77. The van der Waals surface area contributed by atoms with Crippen LogP contribution in [-0.4, -0.2) is 24.6 Å². The predicted molar refractivity (Wildman–Crippen MR) is 111 cm³/mol. The molecular weight excluding hydrogens is 407 g/mol. The molecule has 1 amide bonds.